The van der Waals surface area contributed by atoms with Crippen LogP contribution in [0.1, 0.15) is 61.1 Å². The third-order valence-electron chi connectivity index (χ3n) is 8.40. The summed E-state index contributed by atoms with van der Waals surface area (Å²) >= 11 is 0. The Kier molecular flexibility index (Phi) is 11.4. The summed E-state index contributed by atoms with van der Waals surface area (Å²) in [5.74, 6) is -1.68. The highest BCUT2D eigenvalue weighted by molar-refractivity contribution is 5.86. The van der Waals surface area contributed by atoms with Gasteiger partial charge in [0.05, 0.1) is 25.7 Å². The van der Waals surface area contributed by atoms with E-state index in [4.69, 9.17) is 19.3 Å². The quantitative estimate of drug-likeness (QED) is 0.172. The van der Waals surface area contributed by atoms with Crippen molar-refractivity contribution in [3.63, 3.8) is 0 Å². The molecule has 10 heteroatoms. The molecule has 1 aliphatic carbocycles. The molecule has 0 saturated carbocycles. The fourth-order valence-corrected chi connectivity index (χ4v) is 6.07. The van der Waals surface area contributed by atoms with E-state index in [2.05, 4.69) is 17.4 Å². The zero-order chi connectivity index (χ0) is 32.3. The van der Waals surface area contributed by atoms with Crippen molar-refractivity contribution in [1.29, 1.82) is 0 Å². The van der Waals surface area contributed by atoms with Crippen LogP contribution in [0, 0.1) is 0 Å². The summed E-state index contributed by atoms with van der Waals surface area (Å²) in [6.45, 7) is 0.867. The number of carbonyl (C=O) groups excluding carboxylic acids is 3. The number of ether oxygens (including phenoxy) is 3. The Bertz CT molecular complexity index is 1470. The Morgan fingerprint density at radius 2 is 1.48 bits per heavy atom. The van der Waals surface area contributed by atoms with E-state index in [1.54, 1.807) is 0 Å². The molecule has 0 radical (unpaired) electrons. The van der Waals surface area contributed by atoms with E-state index in [1.807, 2.05) is 66.7 Å². The van der Waals surface area contributed by atoms with Crippen molar-refractivity contribution in [1.82, 2.24) is 10.2 Å². The number of carboxylic acids is 1. The topological polar surface area (TPSA) is 131 Å². The molecule has 1 heterocycles. The number of aliphatic carboxylic acids is 1. The Balaban J connectivity index is 1.10. The second-order valence-corrected chi connectivity index (χ2v) is 11.6. The lowest BCUT2D eigenvalue weighted by atomic mass is 9.98. The first kappa shape index (κ1) is 32.7. The largest absolute Gasteiger partial charge is 0.481 e. The molecule has 10 nitrogen and oxygen atoms in total. The van der Waals surface area contributed by atoms with E-state index in [0.717, 1.165) is 34.2 Å². The smallest absolute Gasteiger partial charge is 0.410 e. The third kappa shape index (κ3) is 8.51. The van der Waals surface area contributed by atoms with E-state index in [1.165, 1.54) is 4.90 Å². The lowest BCUT2D eigenvalue weighted by Gasteiger charge is -2.24. The lowest BCUT2D eigenvalue weighted by molar-refractivity contribution is -0.145. The molecule has 0 aromatic heterocycles. The van der Waals surface area contributed by atoms with E-state index >= 15 is 0 Å². The summed E-state index contributed by atoms with van der Waals surface area (Å²) in [5, 5.41) is 11.9. The van der Waals surface area contributed by atoms with Gasteiger partial charge < -0.3 is 24.6 Å². The number of nitrogens with one attached hydrogen (secondary N) is 1. The summed E-state index contributed by atoms with van der Waals surface area (Å²) in [6, 6.07) is 24.8. The number of fused-ring (bicyclic) bond motifs is 3. The molecule has 5 rings (SSSR count). The average Bonchev–Trinajstić information content (AvgIpc) is 3.64. The van der Waals surface area contributed by atoms with Gasteiger partial charge in [0.2, 0.25) is 5.91 Å². The Labute approximate surface area is 268 Å². The first-order valence-corrected chi connectivity index (χ1v) is 15.8. The predicted octanol–water partition coefficient (Wildman–Crippen LogP) is 5.29. The van der Waals surface area contributed by atoms with Crippen molar-refractivity contribution in [2.24, 2.45) is 0 Å². The van der Waals surface area contributed by atoms with Gasteiger partial charge in [-0.15, -0.1) is 0 Å². The van der Waals surface area contributed by atoms with Gasteiger partial charge in [-0.25, -0.2) is 4.79 Å². The van der Waals surface area contributed by atoms with Gasteiger partial charge in [0.15, 0.2) is 0 Å². The molecule has 0 bridgehead atoms. The molecule has 1 saturated heterocycles. The van der Waals surface area contributed by atoms with Gasteiger partial charge in [-0.3, -0.25) is 19.3 Å². The van der Waals surface area contributed by atoms with Crippen LogP contribution in [0.5, 0.6) is 0 Å². The monoisotopic (exact) mass is 628 g/mol. The van der Waals surface area contributed by atoms with Gasteiger partial charge in [0.1, 0.15) is 19.3 Å². The average molecular weight is 629 g/mol. The fourth-order valence-electron chi connectivity index (χ4n) is 6.07. The summed E-state index contributed by atoms with van der Waals surface area (Å²) in [7, 11) is 0. The molecule has 2 atom stereocenters. The lowest BCUT2D eigenvalue weighted by Crippen LogP contribution is -2.46. The van der Waals surface area contributed by atoms with Gasteiger partial charge in [0.25, 0.3) is 0 Å². The summed E-state index contributed by atoms with van der Waals surface area (Å²) in [4.78, 5) is 51.1. The molecule has 2 aliphatic rings. The highest BCUT2D eigenvalue weighted by Crippen LogP contribution is 2.44. The SMILES string of the molecule is O=C(O)CCO[C@@H]1C[C@@H](C(=O)NCCCCCC(=O)OCc2ccccc2)N(C(=O)OCC2c3ccccc3-c3ccccc32)C1. The van der Waals surface area contributed by atoms with Gasteiger partial charge >= 0.3 is 18.0 Å². The maximum atomic E-state index is 13.4. The number of unbranched alkanes of at least 4 members (excludes halogenated alkanes) is 2. The number of rotatable bonds is 15. The Hall–Kier alpha value is -4.70. The highest BCUT2D eigenvalue weighted by Gasteiger charge is 2.41. The minimum Gasteiger partial charge on any atom is -0.481 e. The van der Waals surface area contributed by atoms with E-state index in [0.29, 0.717) is 25.8 Å². The van der Waals surface area contributed by atoms with Crippen molar-refractivity contribution in [3.05, 3.63) is 95.6 Å². The maximum Gasteiger partial charge on any atom is 0.410 e. The van der Waals surface area contributed by atoms with Crippen LogP contribution in [0.4, 0.5) is 4.79 Å². The Morgan fingerprint density at radius 3 is 2.17 bits per heavy atom. The van der Waals surface area contributed by atoms with Crippen LogP contribution in [-0.4, -0.2) is 72.4 Å². The van der Waals surface area contributed by atoms with Crippen molar-refractivity contribution in [2.75, 3.05) is 26.3 Å². The minimum absolute atomic E-state index is 0.0132. The standard InChI is InChI=1S/C36H40N2O8/c39-33(40)18-20-44-26-21-32(35(42)37-19-10-2-5-17-34(41)45-23-25-11-3-1-4-12-25)38(22-26)36(43)46-24-31-29-15-8-6-13-27(29)28-14-7-9-16-30(28)31/h1,3-4,6-9,11-16,26,31-32H,2,5,10,17-24H2,(H,37,42)(H,39,40)/t26-,32+/m1/s1. The summed E-state index contributed by atoms with van der Waals surface area (Å²) in [5.41, 5.74) is 5.35. The number of carbonyl (C=O) groups is 4. The molecule has 242 valence electrons. The molecule has 0 spiro atoms. The van der Waals surface area contributed by atoms with Crippen LogP contribution >= 0.6 is 0 Å². The van der Waals surface area contributed by atoms with Crippen LogP contribution in [0.2, 0.25) is 0 Å². The second-order valence-electron chi connectivity index (χ2n) is 11.6. The van der Waals surface area contributed by atoms with Crippen LogP contribution < -0.4 is 5.32 Å². The van der Waals surface area contributed by atoms with E-state index < -0.39 is 24.2 Å². The fraction of sp³-hybridized carbons (Fsp3) is 0.389. The van der Waals surface area contributed by atoms with Gasteiger partial charge in [-0.05, 0) is 40.7 Å². The van der Waals surface area contributed by atoms with Crippen LogP contribution in [0.3, 0.4) is 0 Å². The molecule has 0 unspecified atom stereocenters. The molecule has 2 N–H and O–H groups in total. The molecular weight excluding hydrogens is 588 g/mol. The normalized spacial score (nSPS) is 16.8. The number of esters is 1. The number of nitrogens with zero attached hydrogens (tertiary/aromatic N) is 1. The highest BCUT2D eigenvalue weighted by atomic mass is 16.6. The number of hydrogen-bond acceptors (Lipinski definition) is 7. The maximum absolute atomic E-state index is 13.4. The molecule has 3 aromatic rings. The molecule has 1 fully saturated rings. The first-order chi connectivity index (χ1) is 22.4. The zero-order valence-corrected chi connectivity index (χ0v) is 25.8. The van der Waals surface area contributed by atoms with Crippen LogP contribution in [-0.2, 0) is 35.2 Å². The van der Waals surface area contributed by atoms with E-state index in [-0.39, 0.29) is 57.0 Å². The minimum atomic E-state index is -0.981. The number of hydrogen-bond donors (Lipinski definition) is 2. The third-order valence-corrected chi connectivity index (χ3v) is 8.40. The van der Waals surface area contributed by atoms with Gasteiger partial charge in [-0.2, -0.15) is 0 Å². The molecule has 3 aromatic carbocycles. The number of amides is 2. The van der Waals surface area contributed by atoms with Crippen molar-refractivity contribution in [2.45, 2.75) is 63.2 Å². The molecule has 2 amide bonds. The van der Waals surface area contributed by atoms with Crippen molar-refractivity contribution in [3.8, 4) is 11.1 Å². The summed E-state index contributed by atoms with van der Waals surface area (Å²) in [6.07, 6.45) is 1.29. The molecular formula is C36H40N2O8. The van der Waals surface area contributed by atoms with Crippen LogP contribution in [0.15, 0.2) is 78.9 Å². The number of benzene rings is 3. The van der Waals surface area contributed by atoms with E-state index in [9.17, 15) is 19.2 Å². The second kappa shape index (κ2) is 16.0. The molecule has 46 heavy (non-hydrogen) atoms. The van der Waals surface area contributed by atoms with Gasteiger partial charge in [-0.1, -0.05) is 85.3 Å². The number of likely N-dealkylation sites (tertiary alicyclic amines) is 1. The van der Waals surface area contributed by atoms with Gasteiger partial charge in [0, 0.05) is 25.3 Å². The van der Waals surface area contributed by atoms with Crippen LogP contribution in [0.25, 0.3) is 11.1 Å². The predicted molar refractivity (Wildman–Crippen MR) is 170 cm³/mol. The van der Waals surface area contributed by atoms with Crippen molar-refractivity contribution < 1.29 is 38.5 Å². The van der Waals surface area contributed by atoms with Crippen molar-refractivity contribution >= 4 is 23.9 Å². The molecule has 1 aliphatic heterocycles. The zero-order valence-electron chi connectivity index (χ0n) is 25.8. The number of carboxylic acid groups (broad SMARTS) is 1. The first-order valence-electron chi connectivity index (χ1n) is 15.8. The Morgan fingerprint density at radius 1 is 0.804 bits per heavy atom. The summed E-state index contributed by atoms with van der Waals surface area (Å²) < 4.78 is 16.9.